The number of hydrogen-bond donors (Lipinski definition) is 1. The maximum absolute atomic E-state index is 12.2. The Morgan fingerprint density at radius 3 is 2.80 bits per heavy atom. The summed E-state index contributed by atoms with van der Waals surface area (Å²) in [5.74, 6) is 1.21. The van der Waals surface area contributed by atoms with Crippen LogP contribution in [0.15, 0.2) is 64.7 Å². The Kier molecular flexibility index (Phi) is 3.91. The van der Waals surface area contributed by atoms with E-state index in [-0.39, 0.29) is 11.7 Å². The summed E-state index contributed by atoms with van der Waals surface area (Å²) in [4.78, 5) is 21.2. The Bertz CT molecular complexity index is 1000. The summed E-state index contributed by atoms with van der Waals surface area (Å²) in [5.41, 5.74) is 1.93. The van der Waals surface area contributed by atoms with Gasteiger partial charge in [0.1, 0.15) is 11.6 Å². The average molecular weight is 350 g/mol. The van der Waals surface area contributed by atoms with Crippen LogP contribution in [0, 0.1) is 6.92 Å². The summed E-state index contributed by atoms with van der Waals surface area (Å²) in [6, 6.07) is 13.2. The number of aryl methyl sites for hydroxylation is 1. The maximum atomic E-state index is 12.2. The van der Waals surface area contributed by atoms with Crippen LogP contribution in [0.25, 0.3) is 16.4 Å². The lowest BCUT2D eigenvalue weighted by molar-refractivity contribution is 0.0996. The van der Waals surface area contributed by atoms with Crippen molar-refractivity contribution in [3.8, 4) is 16.4 Å². The van der Waals surface area contributed by atoms with Crippen molar-refractivity contribution in [2.24, 2.45) is 0 Å². The van der Waals surface area contributed by atoms with E-state index in [4.69, 9.17) is 4.42 Å². The highest BCUT2D eigenvalue weighted by Crippen LogP contribution is 2.27. The summed E-state index contributed by atoms with van der Waals surface area (Å²) >= 11 is 1.49. The Labute approximate surface area is 147 Å². The molecule has 0 unspecified atom stereocenters. The number of hydrogen-bond acceptors (Lipinski definition) is 5. The normalized spacial score (nSPS) is 10.8. The van der Waals surface area contributed by atoms with E-state index in [9.17, 15) is 4.79 Å². The number of amides is 1. The molecule has 0 aliphatic heterocycles. The zero-order chi connectivity index (χ0) is 17.2. The van der Waals surface area contributed by atoms with E-state index in [1.54, 1.807) is 18.3 Å². The summed E-state index contributed by atoms with van der Waals surface area (Å²) in [5, 5.41) is 5.54. The molecule has 124 valence electrons. The van der Waals surface area contributed by atoms with Gasteiger partial charge in [-0.05, 0) is 19.1 Å². The molecule has 0 radical (unpaired) electrons. The van der Waals surface area contributed by atoms with Gasteiger partial charge in [-0.3, -0.25) is 9.36 Å². The van der Waals surface area contributed by atoms with Gasteiger partial charge in [0.05, 0.1) is 18.2 Å². The zero-order valence-corrected chi connectivity index (χ0v) is 14.2. The topological polar surface area (TPSA) is 73.0 Å². The van der Waals surface area contributed by atoms with Crippen molar-refractivity contribution in [2.45, 2.75) is 6.92 Å². The number of imidazole rings is 1. The molecule has 7 heteroatoms. The third-order valence-electron chi connectivity index (χ3n) is 3.68. The molecule has 1 N–H and O–H groups in total. The van der Waals surface area contributed by atoms with Crippen molar-refractivity contribution in [2.75, 3.05) is 5.32 Å². The molecule has 0 fully saturated rings. The van der Waals surface area contributed by atoms with E-state index in [0.29, 0.717) is 5.82 Å². The molecule has 0 aliphatic carbocycles. The minimum Gasteiger partial charge on any atom is -0.459 e. The Morgan fingerprint density at radius 2 is 2.04 bits per heavy atom. The zero-order valence-electron chi connectivity index (χ0n) is 13.3. The van der Waals surface area contributed by atoms with E-state index in [2.05, 4.69) is 15.3 Å². The molecule has 0 spiro atoms. The lowest BCUT2D eigenvalue weighted by atomic mass is 10.2. The van der Waals surface area contributed by atoms with Gasteiger partial charge in [-0.1, -0.05) is 30.3 Å². The molecular formula is C18H14N4O2S. The standard InChI is InChI=1S/C18H14N4O2S/c1-12-19-10-16(21-17(23)15-8-5-9-24-15)22(12)18-20-14(11-25-18)13-6-3-2-4-7-13/h2-11H,1H3,(H,21,23). The molecule has 25 heavy (non-hydrogen) atoms. The van der Waals surface area contributed by atoms with E-state index in [1.807, 2.05) is 47.2 Å². The number of nitrogens with one attached hydrogen (secondary N) is 1. The second kappa shape index (κ2) is 6.37. The van der Waals surface area contributed by atoms with Gasteiger partial charge in [0.25, 0.3) is 5.91 Å². The van der Waals surface area contributed by atoms with Crippen LogP contribution in [-0.4, -0.2) is 20.4 Å². The summed E-state index contributed by atoms with van der Waals surface area (Å²) in [7, 11) is 0. The van der Waals surface area contributed by atoms with Crippen LogP contribution in [-0.2, 0) is 0 Å². The molecule has 4 rings (SSSR count). The van der Waals surface area contributed by atoms with Crippen LogP contribution in [0.4, 0.5) is 5.82 Å². The molecule has 6 nitrogen and oxygen atoms in total. The molecule has 0 saturated heterocycles. The first-order valence-corrected chi connectivity index (χ1v) is 8.51. The summed E-state index contributed by atoms with van der Waals surface area (Å²) in [6.45, 7) is 1.87. The Hall–Kier alpha value is -3.19. The second-order valence-electron chi connectivity index (χ2n) is 5.34. The van der Waals surface area contributed by atoms with Crippen molar-refractivity contribution < 1.29 is 9.21 Å². The number of thiazole rings is 1. The van der Waals surface area contributed by atoms with Crippen molar-refractivity contribution >= 4 is 23.1 Å². The van der Waals surface area contributed by atoms with Crippen LogP contribution in [0.5, 0.6) is 0 Å². The molecule has 0 bridgehead atoms. The highest BCUT2D eigenvalue weighted by molar-refractivity contribution is 7.12. The number of rotatable bonds is 4. The van der Waals surface area contributed by atoms with Crippen LogP contribution >= 0.6 is 11.3 Å². The Balaban J connectivity index is 1.66. The fourth-order valence-corrected chi connectivity index (χ4v) is 3.36. The third-order valence-corrected chi connectivity index (χ3v) is 4.50. The molecule has 3 heterocycles. The summed E-state index contributed by atoms with van der Waals surface area (Å²) < 4.78 is 6.94. The summed E-state index contributed by atoms with van der Waals surface area (Å²) in [6.07, 6.45) is 3.07. The molecule has 0 aliphatic rings. The van der Waals surface area contributed by atoms with Crippen molar-refractivity contribution in [1.82, 2.24) is 14.5 Å². The molecule has 4 aromatic rings. The lowest BCUT2D eigenvalue weighted by Gasteiger charge is -2.07. The number of benzene rings is 1. The predicted octanol–water partition coefficient (Wildman–Crippen LogP) is 4.15. The monoisotopic (exact) mass is 350 g/mol. The lowest BCUT2D eigenvalue weighted by Crippen LogP contribution is -2.14. The van der Waals surface area contributed by atoms with Crippen molar-refractivity contribution in [3.63, 3.8) is 0 Å². The van der Waals surface area contributed by atoms with Crippen molar-refractivity contribution in [3.05, 3.63) is 71.9 Å². The molecular weight excluding hydrogens is 336 g/mol. The van der Waals surface area contributed by atoms with Crippen LogP contribution in [0.2, 0.25) is 0 Å². The van der Waals surface area contributed by atoms with E-state index in [1.165, 1.54) is 17.6 Å². The molecule has 0 saturated carbocycles. The quantitative estimate of drug-likeness (QED) is 0.600. The Morgan fingerprint density at radius 1 is 1.20 bits per heavy atom. The van der Waals surface area contributed by atoms with E-state index >= 15 is 0 Å². The number of nitrogens with zero attached hydrogens (tertiary/aromatic N) is 3. The number of carbonyl (C=O) groups excluding carboxylic acids is 1. The van der Waals surface area contributed by atoms with Gasteiger partial charge in [-0.15, -0.1) is 11.3 Å². The van der Waals surface area contributed by atoms with Gasteiger partial charge in [0.2, 0.25) is 0 Å². The minimum absolute atomic E-state index is 0.245. The minimum atomic E-state index is -0.328. The van der Waals surface area contributed by atoms with Gasteiger partial charge in [-0.25, -0.2) is 9.97 Å². The number of furan rings is 1. The fourth-order valence-electron chi connectivity index (χ4n) is 2.47. The van der Waals surface area contributed by atoms with Gasteiger partial charge in [-0.2, -0.15) is 0 Å². The molecule has 1 amide bonds. The predicted molar refractivity (Wildman–Crippen MR) is 96.1 cm³/mol. The average Bonchev–Trinajstić information content (AvgIpc) is 3.36. The maximum Gasteiger partial charge on any atom is 0.292 e. The molecule has 1 aromatic carbocycles. The second-order valence-corrected chi connectivity index (χ2v) is 6.18. The first kappa shape index (κ1) is 15.3. The largest absolute Gasteiger partial charge is 0.459 e. The number of aromatic nitrogens is 3. The third kappa shape index (κ3) is 2.97. The smallest absolute Gasteiger partial charge is 0.292 e. The van der Waals surface area contributed by atoms with Gasteiger partial charge >= 0.3 is 0 Å². The first-order chi connectivity index (χ1) is 12.2. The number of anilines is 1. The van der Waals surface area contributed by atoms with E-state index < -0.39 is 0 Å². The van der Waals surface area contributed by atoms with Gasteiger partial charge in [0, 0.05) is 10.9 Å². The fraction of sp³-hybridized carbons (Fsp3) is 0.0556. The highest BCUT2D eigenvalue weighted by atomic mass is 32.1. The molecule has 0 atom stereocenters. The van der Waals surface area contributed by atoms with Crippen LogP contribution in [0.1, 0.15) is 16.4 Å². The number of carbonyl (C=O) groups is 1. The van der Waals surface area contributed by atoms with Gasteiger partial charge in [0.15, 0.2) is 10.9 Å². The van der Waals surface area contributed by atoms with Crippen LogP contribution in [0.3, 0.4) is 0 Å². The van der Waals surface area contributed by atoms with Gasteiger partial charge < -0.3 is 9.73 Å². The SMILES string of the molecule is Cc1ncc(NC(=O)c2ccco2)n1-c1nc(-c2ccccc2)cs1. The first-order valence-electron chi connectivity index (χ1n) is 7.63. The van der Waals surface area contributed by atoms with Crippen LogP contribution < -0.4 is 5.32 Å². The van der Waals surface area contributed by atoms with Crippen molar-refractivity contribution in [1.29, 1.82) is 0 Å². The molecule has 3 aromatic heterocycles. The highest BCUT2D eigenvalue weighted by Gasteiger charge is 2.17. The van der Waals surface area contributed by atoms with E-state index in [0.717, 1.165) is 22.2 Å².